The molecule has 2 saturated heterocycles. The van der Waals surface area contributed by atoms with Crippen LogP contribution in [0.4, 0.5) is 5.69 Å². The van der Waals surface area contributed by atoms with Crippen LogP contribution < -0.4 is 16.2 Å². The summed E-state index contributed by atoms with van der Waals surface area (Å²) < 4.78 is 0. The average Bonchev–Trinajstić information content (AvgIpc) is 3.26. The van der Waals surface area contributed by atoms with Crippen LogP contribution in [0.15, 0.2) is 48.7 Å². The van der Waals surface area contributed by atoms with Gasteiger partial charge < -0.3 is 10.2 Å². The molecular weight excluding hydrogens is 366 g/mol. The molecule has 4 rings (SSSR count). The Kier molecular flexibility index (Phi) is 5.87. The highest BCUT2D eigenvalue weighted by molar-refractivity contribution is 5.92. The molecule has 1 aromatic heterocycles. The molecule has 2 amide bonds. The van der Waals surface area contributed by atoms with E-state index in [9.17, 15) is 9.59 Å². The fraction of sp³-hybridized carbons (Fsp3) is 0.409. The van der Waals surface area contributed by atoms with Gasteiger partial charge in [-0.05, 0) is 50.5 Å². The monoisotopic (exact) mass is 393 g/mol. The Morgan fingerprint density at radius 3 is 2.52 bits per heavy atom. The number of nitrogens with one attached hydrogen (secondary N) is 3. The van der Waals surface area contributed by atoms with Crippen LogP contribution in [0.2, 0.25) is 0 Å². The van der Waals surface area contributed by atoms with Crippen LogP contribution in [0.5, 0.6) is 0 Å². The van der Waals surface area contributed by atoms with Crippen molar-refractivity contribution in [3.05, 3.63) is 59.9 Å². The van der Waals surface area contributed by atoms with Crippen molar-refractivity contribution < 1.29 is 9.59 Å². The summed E-state index contributed by atoms with van der Waals surface area (Å²) in [5.74, 6) is 0.0708. The van der Waals surface area contributed by atoms with Crippen LogP contribution in [0.3, 0.4) is 0 Å². The van der Waals surface area contributed by atoms with Crippen molar-refractivity contribution in [3.8, 4) is 0 Å². The maximum absolute atomic E-state index is 12.9. The van der Waals surface area contributed by atoms with Gasteiger partial charge in [0.15, 0.2) is 0 Å². The van der Waals surface area contributed by atoms with Gasteiger partial charge in [0.25, 0.3) is 0 Å². The molecule has 152 valence electrons. The quantitative estimate of drug-likeness (QED) is 0.741. The first-order valence-electron chi connectivity index (χ1n) is 10.2. The number of rotatable bonds is 4. The third kappa shape index (κ3) is 4.63. The van der Waals surface area contributed by atoms with Crippen molar-refractivity contribution in [3.63, 3.8) is 0 Å². The smallest absolute Gasteiger partial charge is 0.241 e. The van der Waals surface area contributed by atoms with Crippen molar-refractivity contribution in [2.45, 2.75) is 38.3 Å². The number of hydrogen-bond acceptors (Lipinski definition) is 5. The van der Waals surface area contributed by atoms with E-state index in [0.717, 1.165) is 16.9 Å². The molecule has 0 aliphatic carbocycles. The van der Waals surface area contributed by atoms with Crippen molar-refractivity contribution in [1.29, 1.82) is 0 Å². The highest BCUT2D eigenvalue weighted by atomic mass is 16.2. The van der Waals surface area contributed by atoms with Crippen molar-refractivity contribution in [2.24, 2.45) is 5.92 Å². The van der Waals surface area contributed by atoms with E-state index >= 15 is 0 Å². The molecular formula is C22H27N5O2. The SMILES string of the molecule is Cc1ccc(NC(=O)C2CCN(C(=O)C3CC(c4ccccn4)NN3)CC2)cc1. The average molecular weight is 393 g/mol. The Morgan fingerprint density at radius 1 is 1.07 bits per heavy atom. The molecule has 3 heterocycles. The lowest BCUT2D eigenvalue weighted by Gasteiger charge is -2.32. The number of aryl methyl sites for hydroxylation is 1. The van der Waals surface area contributed by atoms with Gasteiger partial charge in [-0.15, -0.1) is 0 Å². The van der Waals surface area contributed by atoms with Crippen LogP contribution >= 0.6 is 0 Å². The lowest BCUT2D eigenvalue weighted by Crippen LogP contribution is -2.49. The molecule has 3 N–H and O–H groups in total. The second kappa shape index (κ2) is 8.71. The molecule has 2 fully saturated rings. The Balaban J connectivity index is 1.26. The molecule has 2 aliphatic rings. The van der Waals surface area contributed by atoms with Gasteiger partial charge in [0.1, 0.15) is 6.04 Å². The van der Waals surface area contributed by atoms with E-state index in [1.54, 1.807) is 6.20 Å². The highest BCUT2D eigenvalue weighted by Gasteiger charge is 2.35. The highest BCUT2D eigenvalue weighted by Crippen LogP contribution is 2.24. The second-order valence-electron chi connectivity index (χ2n) is 7.84. The number of hydrogen-bond donors (Lipinski definition) is 3. The topological polar surface area (TPSA) is 86.4 Å². The minimum absolute atomic E-state index is 0.0305. The molecule has 2 unspecified atom stereocenters. The first-order chi connectivity index (χ1) is 14.1. The molecule has 29 heavy (non-hydrogen) atoms. The van der Waals surface area contributed by atoms with Gasteiger partial charge in [0, 0.05) is 30.9 Å². The fourth-order valence-corrected chi connectivity index (χ4v) is 3.96. The van der Waals surface area contributed by atoms with Gasteiger partial charge in [-0.3, -0.25) is 14.6 Å². The first-order valence-corrected chi connectivity index (χ1v) is 10.2. The minimum atomic E-state index is -0.264. The van der Waals surface area contributed by atoms with Gasteiger partial charge in [-0.2, -0.15) is 0 Å². The van der Waals surface area contributed by atoms with Crippen LogP contribution in [0, 0.1) is 12.8 Å². The van der Waals surface area contributed by atoms with E-state index in [1.807, 2.05) is 54.3 Å². The normalized spacial score (nSPS) is 22.4. The number of benzene rings is 1. The van der Waals surface area contributed by atoms with Gasteiger partial charge in [-0.1, -0.05) is 23.8 Å². The van der Waals surface area contributed by atoms with E-state index < -0.39 is 0 Å². The number of hydrazine groups is 1. The summed E-state index contributed by atoms with van der Waals surface area (Å²) in [6.45, 7) is 3.24. The number of carbonyl (C=O) groups is 2. The third-order valence-corrected chi connectivity index (χ3v) is 5.74. The third-order valence-electron chi connectivity index (χ3n) is 5.74. The number of amides is 2. The van der Waals surface area contributed by atoms with Crippen LogP contribution in [-0.2, 0) is 9.59 Å². The second-order valence-corrected chi connectivity index (χ2v) is 7.84. The molecule has 0 bridgehead atoms. The number of aromatic nitrogens is 1. The summed E-state index contributed by atoms with van der Waals surface area (Å²) in [5.41, 5.74) is 9.20. The fourth-order valence-electron chi connectivity index (χ4n) is 3.96. The number of pyridine rings is 1. The van der Waals surface area contributed by atoms with Crippen molar-refractivity contribution in [2.75, 3.05) is 18.4 Å². The van der Waals surface area contributed by atoms with E-state index in [4.69, 9.17) is 0 Å². The zero-order valence-electron chi connectivity index (χ0n) is 16.6. The predicted octanol–water partition coefficient (Wildman–Crippen LogP) is 2.17. The maximum atomic E-state index is 12.9. The Bertz CT molecular complexity index is 847. The standard InChI is InChI=1S/C22H27N5O2/c1-15-5-7-17(8-6-15)24-21(28)16-9-12-27(13-10-16)22(29)20-14-19(25-26-20)18-4-2-3-11-23-18/h2-8,11,16,19-20,25-26H,9-10,12-14H2,1H3,(H,24,28). The Morgan fingerprint density at radius 2 is 1.83 bits per heavy atom. The Hall–Kier alpha value is -2.77. The molecule has 2 aromatic rings. The molecule has 1 aromatic carbocycles. The van der Waals surface area contributed by atoms with Crippen LogP contribution in [0.25, 0.3) is 0 Å². The summed E-state index contributed by atoms with van der Waals surface area (Å²) in [7, 11) is 0. The molecule has 7 nitrogen and oxygen atoms in total. The van der Waals surface area contributed by atoms with E-state index in [1.165, 1.54) is 0 Å². The number of likely N-dealkylation sites (tertiary alicyclic amines) is 1. The number of carbonyl (C=O) groups excluding carboxylic acids is 2. The summed E-state index contributed by atoms with van der Waals surface area (Å²) in [6, 6.07) is 13.4. The Labute approximate surface area is 170 Å². The van der Waals surface area contributed by atoms with E-state index in [2.05, 4.69) is 21.2 Å². The number of piperidine rings is 1. The van der Waals surface area contributed by atoms with Gasteiger partial charge >= 0.3 is 0 Å². The molecule has 2 aliphatic heterocycles. The van der Waals surface area contributed by atoms with Crippen LogP contribution in [0.1, 0.15) is 36.6 Å². The molecule has 0 spiro atoms. The zero-order valence-corrected chi connectivity index (χ0v) is 16.6. The van der Waals surface area contributed by atoms with Gasteiger partial charge in [0.05, 0.1) is 11.7 Å². The largest absolute Gasteiger partial charge is 0.341 e. The molecule has 0 saturated carbocycles. The van der Waals surface area contributed by atoms with E-state index in [-0.39, 0.29) is 29.8 Å². The zero-order chi connectivity index (χ0) is 20.2. The summed E-state index contributed by atoms with van der Waals surface area (Å²) >= 11 is 0. The number of nitrogens with zero attached hydrogens (tertiary/aromatic N) is 2. The molecule has 0 radical (unpaired) electrons. The first kappa shape index (κ1) is 19.5. The lowest BCUT2D eigenvalue weighted by atomic mass is 9.95. The maximum Gasteiger partial charge on any atom is 0.241 e. The number of anilines is 1. The van der Waals surface area contributed by atoms with Gasteiger partial charge in [-0.25, -0.2) is 10.9 Å². The van der Waals surface area contributed by atoms with Crippen molar-refractivity contribution in [1.82, 2.24) is 20.7 Å². The summed E-state index contributed by atoms with van der Waals surface area (Å²) in [6.07, 6.45) is 3.81. The van der Waals surface area contributed by atoms with Crippen molar-refractivity contribution >= 4 is 17.5 Å². The minimum Gasteiger partial charge on any atom is -0.341 e. The summed E-state index contributed by atoms with van der Waals surface area (Å²) in [4.78, 5) is 31.7. The summed E-state index contributed by atoms with van der Waals surface area (Å²) in [5, 5.41) is 2.99. The predicted molar refractivity (Wildman–Crippen MR) is 111 cm³/mol. The van der Waals surface area contributed by atoms with Gasteiger partial charge in [0.2, 0.25) is 11.8 Å². The molecule has 2 atom stereocenters. The molecule has 7 heteroatoms. The van der Waals surface area contributed by atoms with E-state index in [0.29, 0.717) is 32.4 Å². The van der Waals surface area contributed by atoms with Crippen LogP contribution in [-0.4, -0.2) is 40.8 Å². The lowest BCUT2D eigenvalue weighted by molar-refractivity contribution is -0.136.